The fraction of sp³-hybridized carbons (Fsp3) is 0.364. The van der Waals surface area contributed by atoms with Crippen LogP contribution in [0.4, 0.5) is 0 Å². The summed E-state index contributed by atoms with van der Waals surface area (Å²) < 4.78 is 10.9. The lowest BCUT2D eigenvalue weighted by Crippen LogP contribution is -2.37. The first kappa shape index (κ1) is 22.4. The Morgan fingerprint density at radius 1 is 1.07 bits per heavy atom. The molecule has 0 radical (unpaired) electrons. The van der Waals surface area contributed by atoms with Crippen molar-refractivity contribution in [1.82, 2.24) is 5.32 Å². The number of nitrogens with one attached hydrogen (secondary N) is 1. The summed E-state index contributed by atoms with van der Waals surface area (Å²) in [4.78, 5) is 24.6. The van der Waals surface area contributed by atoms with Crippen LogP contribution in [-0.2, 0) is 4.79 Å². The third-order valence-corrected chi connectivity index (χ3v) is 5.49. The van der Waals surface area contributed by atoms with Crippen molar-refractivity contribution in [2.75, 3.05) is 13.2 Å². The summed E-state index contributed by atoms with van der Waals surface area (Å²) in [6, 6.07) is 9.43. The van der Waals surface area contributed by atoms with Gasteiger partial charge in [0.1, 0.15) is 19.3 Å². The lowest BCUT2D eigenvalue weighted by atomic mass is 10.0. The van der Waals surface area contributed by atoms with E-state index in [2.05, 4.69) is 5.32 Å². The van der Waals surface area contributed by atoms with Crippen molar-refractivity contribution in [2.24, 2.45) is 0 Å². The van der Waals surface area contributed by atoms with Crippen molar-refractivity contribution >= 4 is 34.9 Å². The number of amides is 1. The van der Waals surface area contributed by atoms with Crippen LogP contribution < -0.4 is 14.8 Å². The van der Waals surface area contributed by atoms with E-state index in [1.807, 2.05) is 0 Å². The summed E-state index contributed by atoms with van der Waals surface area (Å²) in [5, 5.41) is 13.9. The first-order valence-corrected chi connectivity index (χ1v) is 10.5. The highest BCUT2D eigenvalue weighted by molar-refractivity contribution is 6.36. The maximum atomic E-state index is 12.4. The number of hydrogen-bond acceptors (Lipinski definition) is 5. The Balaban J connectivity index is 1.48. The molecular formula is C22H23Cl2NO5. The zero-order chi connectivity index (χ0) is 21.7. The molecule has 1 aliphatic rings. The molecule has 6 nitrogen and oxygen atoms in total. The number of aliphatic hydroxyl groups is 1. The number of carbonyl (C=O) groups is 2. The van der Waals surface area contributed by atoms with E-state index in [1.165, 1.54) is 0 Å². The van der Waals surface area contributed by atoms with Crippen LogP contribution in [0.2, 0.25) is 10.0 Å². The molecule has 0 aliphatic carbocycles. The van der Waals surface area contributed by atoms with Crippen LogP contribution in [0, 0.1) is 0 Å². The van der Waals surface area contributed by atoms with Gasteiger partial charge in [-0.05, 0) is 43.7 Å². The third-order valence-electron chi connectivity index (χ3n) is 4.83. The molecule has 1 aliphatic heterocycles. The molecule has 2 unspecified atom stereocenters. The van der Waals surface area contributed by atoms with Crippen LogP contribution in [0.1, 0.15) is 48.2 Å². The second-order valence-electron chi connectivity index (χ2n) is 7.07. The summed E-state index contributed by atoms with van der Waals surface area (Å²) in [6.45, 7) is 2.61. The number of halogens is 2. The molecular weight excluding hydrogens is 429 g/mol. The van der Waals surface area contributed by atoms with Gasteiger partial charge in [0.25, 0.3) is 0 Å². The summed E-state index contributed by atoms with van der Waals surface area (Å²) in [7, 11) is 0. The number of fused-ring (bicyclic) bond motifs is 1. The highest BCUT2D eigenvalue weighted by atomic mass is 35.5. The smallest absolute Gasteiger partial charge is 0.220 e. The van der Waals surface area contributed by atoms with Crippen molar-refractivity contribution in [3.8, 4) is 11.5 Å². The van der Waals surface area contributed by atoms with Crippen molar-refractivity contribution < 1.29 is 24.2 Å². The molecule has 30 heavy (non-hydrogen) atoms. The predicted molar refractivity (Wildman–Crippen MR) is 115 cm³/mol. The average molecular weight is 452 g/mol. The average Bonchev–Trinajstić information content (AvgIpc) is 2.73. The number of rotatable bonds is 8. The second-order valence-corrected chi connectivity index (χ2v) is 7.89. The molecule has 160 valence electrons. The molecule has 1 heterocycles. The van der Waals surface area contributed by atoms with Crippen molar-refractivity contribution in [2.45, 2.75) is 38.3 Å². The molecule has 8 heteroatoms. The van der Waals surface area contributed by atoms with E-state index in [0.29, 0.717) is 52.3 Å². The first-order valence-electron chi connectivity index (χ1n) is 9.71. The number of ether oxygens (including phenoxy) is 2. The molecule has 2 aromatic carbocycles. The molecule has 0 saturated heterocycles. The van der Waals surface area contributed by atoms with Gasteiger partial charge in [-0.1, -0.05) is 29.3 Å². The monoisotopic (exact) mass is 451 g/mol. The fourth-order valence-corrected chi connectivity index (χ4v) is 3.84. The normalized spacial score (nSPS) is 14.7. The fourth-order valence-electron chi connectivity index (χ4n) is 3.22. The van der Waals surface area contributed by atoms with E-state index in [0.717, 1.165) is 0 Å². The number of ketones is 1. The summed E-state index contributed by atoms with van der Waals surface area (Å²) in [6.07, 6.45) is -0.284. The Kier molecular flexibility index (Phi) is 7.58. The molecule has 3 rings (SSSR count). The van der Waals surface area contributed by atoms with Gasteiger partial charge in [0.05, 0.1) is 6.04 Å². The Hall–Kier alpha value is -2.28. The van der Waals surface area contributed by atoms with E-state index in [-0.39, 0.29) is 24.5 Å². The third kappa shape index (κ3) is 5.45. The van der Waals surface area contributed by atoms with E-state index in [9.17, 15) is 14.7 Å². The number of aliphatic hydroxyl groups excluding tert-OH is 1. The van der Waals surface area contributed by atoms with Gasteiger partial charge in [-0.25, -0.2) is 0 Å². The molecule has 0 bridgehead atoms. The predicted octanol–water partition coefficient (Wildman–Crippen LogP) is 4.36. The Labute approximate surface area is 185 Å². The molecule has 1 amide bonds. The number of benzene rings is 2. The van der Waals surface area contributed by atoms with Crippen molar-refractivity contribution in [3.05, 3.63) is 57.6 Å². The van der Waals surface area contributed by atoms with Crippen LogP contribution >= 0.6 is 23.2 Å². The van der Waals surface area contributed by atoms with Crippen LogP contribution in [0.15, 0.2) is 36.4 Å². The van der Waals surface area contributed by atoms with Gasteiger partial charge >= 0.3 is 0 Å². The Morgan fingerprint density at radius 2 is 1.73 bits per heavy atom. The molecule has 0 spiro atoms. The zero-order valence-corrected chi connectivity index (χ0v) is 18.0. The standard InChI is InChI=1S/C22H23Cl2NO5/c1-13(22(28)21-15(23)4-2-5-16(21)24)25-20(27)7-3-6-17(26)14-8-9-18-19(12-14)30-11-10-29-18/h2,4-5,8-9,12-13,22,28H,3,6-7,10-11H2,1H3,(H,25,27). The maximum absolute atomic E-state index is 12.4. The zero-order valence-electron chi connectivity index (χ0n) is 16.5. The largest absolute Gasteiger partial charge is 0.486 e. The highest BCUT2D eigenvalue weighted by Crippen LogP contribution is 2.32. The molecule has 2 aromatic rings. The number of carbonyl (C=O) groups excluding carboxylic acids is 2. The summed E-state index contributed by atoms with van der Waals surface area (Å²) >= 11 is 12.2. The van der Waals surface area contributed by atoms with Gasteiger partial charge in [0, 0.05) is 34.0 Å². The second kappa shape index (κ2) is 10.2. The molecule has 2 atom stereocenters. The van der Waals surface area contributed by atoms with Gasteiger partial charge in [0.2, 0.25) is 5.91 Å². The SMILES string of the molecule is CC(NC(=O)CCCC(=O)c1ccc2c(c1)OCCO2)C(O)c1c(Cl)cccc1Cl. The van der Waals surface area contributed by atoms with Crippen LogP contribution in [0.3, 0.4) is 0 Å². The Morgan fingerprint density at radius 3 is 2.43 bits per heavy atom. The van der Waals surface area contributed by atoms with Gasteiger partial charge in [-0.3, -0.25) is 9.59 Å². The lowest BCUT2D eigenvalue weighted by molar-refractivity contribution is -0.122. The molecule has 0 aromatic heterocycles. The van der Waals surface area contributed by atoms with E-state index < -0.39 is 12.1 Å². The van der Waals surface area contributed by atoms with Gasteiger partial charge in [0.15, 0.2) is 17.3 Å². The maximum Gasteiger partial charge on any atom is 0.220 e. The van der Waals surface area contributed by atoms with Gasteiger partial charge in [-0.15, -0.1) is 0 Å². The Bertz CT molecular complexity index is 913. The minimum Gasteiger partial charge on any atom is -0.486 e. The molecule has 0 saturated carbocycles. The molecule has 2 N–H and O–H groups in total. The minimum atomic E-state index is -1.05. The van der Waals surface area contributed by atoms with E-state index >= 15 is 0 Å². The highest BCUT2D eigenvalue weighted by Gasteiger charge is 2.23. The topological polar surface area (TPSA) is 84.9 Å². The van der Waals surface area contributed by atoms with Gasteiger partial charge < -0.3 is 19.9 Å². The minimum absolute atomic E-state index is 0.0734. The molecule has 0 fully saturated rings. The summed E-state index contributed by atoms with van der Waals surface area (Å²) in [5.41, 5.74) is 0.902. The quantitative estimate of drug-likeness (QED) is 0.582. The number of hydrogen-bond donors (Lipinski definition) is 2. The lowest BCUT2D eigenvalue weighted by Gasteiger charge is -2.22. The van der Waals surface area contributed by atoms with Gasteiger partial charge in [-0.2, -0.15) is 0 Å². The van der Waals surface area contributed by atoms with Crippen LogP contribution in [0.5, 0.6) is 11.5 Å². The first-order chi connectivity index (χ1) is 14.4. The summed E-state index contributed by atoms with van der Waals surface area (Å²) in [5.74, 6) is 0.852. The number of Topliss-reactive ketones (excluding diaryl/α,β-unsaturated/α-hetero) is 1. The van der Waals surface area contributed by atoms with E-state index in [1.54, 1.807) is 43.3 Å². The van der Waals surface area contributed by atoms with Crippen molar-refractivity contribution in [3.63, 3.8) is 0 Å². The van der Waals surface area contributed by atoms with Crippen molar-refractivity contribution in [1.29, 1.82) is 0 Å². The van der Waals surface area contributed by atoms with Crippen LogP contribution in [-0.4, -0.2) is 36.1 Å². The van der Waals surface area contributed by atoms with Crippen LogP contribution in [0.25, 0.3) is 0 Å². The van der Waals surface area contributed by atoms with E-state index in [4.69, 9.17) is 32.7 Å².